The number of hydrogen-bond acceptors (Lipinski definition) is 6. The first-order chi connectivity index (χ1) is 7.70. The Labute approximate surface area is 91.2 Å². The van der Waals surface area contributed by atoms with Crippen LogP contribution in [0.25, 0.3) is 11.0 Å². The van der Waals surface area contributed by atoms with Gasteiger partial charge in [0, 0.05) is 18.7 Å². The molecule has 0 amide bonds. The Balaban J connectivity index is 2.45. The third kappa shape index (κ3) is 1.94. The Morgan fingerprint density at radius 2 is 2.25 bits per heavy atom. The van der Waals surface area contributed by atoms with Gasteiger partial charge in [-0.3, -0.25) is 0 Å². The summed E-state index contributed by atoms with van der Waals surface area (Å²) in [6.07, 6.45) is 0. The molecule has 2 aromatic rings. The molecule has 7 heteroatoms. The molecule has 2 rings (SSSR count). The van der Waals surface area contributed by atoms with Crippen LogP contribution < -0.4 is 21.0 Å². The minimum atomic E-state index is -0.0709. The summed E-state index contributed by atoms with van der Waals surface area (Å²) in [4.78, 5) is 4.37. The van der Waals surface area contributed by atoms with Gasteiger partial charge < -0.3 is 21.4 Å². The molecule has 84 valence electrons. The van der Waals surface area contributed by atoms with E-state index in [1.165, 1.54) is 0 Å². The van der Waals surface area contributed by atoms with Crippen molar-refractivity contribution >= 4 is 17.0 Å². The largest absolute Gasteiger partial charge is 0.594 e. The second-order valence-electron chi connectivity index (χ2n) is 3.13. The van der Waals surface area contributed by atoms with Gasteiger partial charge in [0.15, 0.2) is 0 Å². The van der Waals surface area contributed by atoms with Crippen LogP contribution in [0.5, 0.6) is 5.75 Å². The van der Waals surface area contributed by atoms with Crippen molar-refractivity contribution in [2.75, 3.05) is 18.9 Å². The highest BCUT2D eigenvalue weighted by Crippen LogP contribution is 2.16. The fourth-order valence-electron chi connectivity index (χ4n) is 1.31. The van der Waals surface area contributed by atoms with Crippen molar-refractivity contribution in [1.29, 1.82) is 0 Å². The molecule has 7 nitrogen and oxygen atoms in total. The van der Waals surface area contributed by atoms with Gasteiger partial charge in [0.05, 0.1) is 5.10 Å². The molecule has 0 fully saturated rings. The number of nitrogens with two attached hydrogens (primary N) is 2. The van der Waals surface area contributed by atoms with E-state index in [2.05, 4.69) is 10.1 Å². The average molecular weight is 221 g/mol. The summed E-state index contributed by atoms with van der Waals surface area (Å²) in [5, 5.41) is 14.8. The monoisotopic (exact) mass is 221 g/mol. The molecule has 0 radical (unpaired) electrons. The summed E-state index contributed by atoms with van der Waals surface area (Å²) in [6.45, 7) is 0.828. The lowest BCUT2D eigenvalue weighted by Crippen LogP contribution is -2.33. The molecular formula is C9H11N5O2. The molecule has 1 aromatic carbocycles. The summed E-state index contributed by atoms with van der Waals surface area (Å²) >= 11 is 0. The zero-order chi connectivity index (χ0) is 11.5. The average Bonchev–Trinajstić information content (AvgIpc) is 2.25. The van der Waals surface area contributed by atoms with Crippen molar-refractivity contribution < 1.29 is 9.58 Å². The fraction of sp³-hybridized carbons (Fsp3) is 0.222. The van der Waals surface area contributed by atoms with Crippen LogP contribution >= 0.6 is 0 Å². The topological polar surface area (TPSA) is 114 Å². The fourth-order valence-corrected chi connectivity index (χ4v) is 1.31. The van der Waals surface area contributed by atoms with E-state index in [-0.39, 0.29) is 5.95 Å². The number of nitrogens with zero attached hydrogens (tertiary/aromatic N) is 3. The van der Waals surface area contributed by atoms with E-state index in [4.69, 9.17) is 16.2 Å². The first kappa shape index (κ1) is 10.4. The molecule has 0 spiro atoms. The van der Waals surface area contributed by atoms with Gasteiger partial charge in [-0.15, -0.1) is 0 Å². The zero-order valence-electron chi connectivity index (χ0n) is 8.46. The predicted octanol–water partition coefficient (Wildman–Crippen LogP) is -0.817. The molecule has 0 unspecified atom stereocenters. The van der Waals surface area contributed by atoms with Gasteiger partial charge in [-0.05, 0) is 10.9 Å². The minimum absolute atomic E-state index is 0.0709. The maximum Gasteiger partial charge on any atom is 0.288 e. The zero-order valence-corrected chi connectivity index (χ0v) is 8.46. The number of fused-ring (bicyclic) bond motifs is 1. The number of aromatic nitrogens is 3. The summed E-state index contributed by atoms with van der Waals surface area (Å²) < 4.78 is 5.31. The lowest BCUT2D eigenvalue weighted by Gasteiger charge is -2.04. The van der Waals surface area contributed by atoms with Crippen molar-refractivity contribution in [2.24, 2.45) is 5.73 Å². The van der Waals surface area contributed by atoms with Crippen molar-refractivity contribution in [3.8, 4) is 5.75 Å². The molecular weight excluding hydrogens is 210 g/mol. The molecule has 0 aliphatic rings. The van der Waals surface area contributed by atoms with E-state index in [1.807, 2.05) is 0 Å². The molecule has 16 heavy (non-hydrogen) atoms. The molecule has 1 aromatic heterocycles. The Morgan fingerprint density at radius 3 is 3.00 bits per heavy atom. The lowest BCUT2D eigenvalue weighted by molar-refractivity contribution is -0.641. The third-order valence-corrected chi connectivity index (χ3v) is 1.97. The number of anilines is 1. The normalized spacial score (nSPS) is 10.6. The van der Waals surface area contributed by atoms with Crippen molar-refractivity contribution in [2.45, 2.75) is 0 Å². The molecule has 0 saturated heterocycles. The van der Waals surface area contributed by atoms with Crippen molar-refractivity contribution in [3.63, 3.8) is 0 Å². The van der Waals surface area contributed by atoms with Crippen LogP contribution in [0.15, 0.2) is 18.2 Å². The van der Waals surface area contributed by atoms with Crippen molar-refractivity contribution in [1.82, 2.24) is 10.1 Å². The molecule has 0 aliphatic heterocycles. The minimum Gasteiger partial charge on any atom is -0.594 e. The standard InChI is InChI=1S/C9H11N5O2/c10-3-4-16-6-1-2-8-7(5-6)12-9(11)13-14(8)15/h1-2,5H,3-4,10H2,(H2,11,12,13). The second kappa shape index (κ2) is 4.15. The van der Waals surface area contributed by atoms with Gasteiger partial charge >= 0.3 is 0 Å². The summed E-state index contributed by atoms with van der Waals surface area (Å²) in [6, 6.07) is 4.86. The molecule has 0 aliphatic carbocycles. The first-order valence-electron chi connectivity index (χ1n) is 4.70. The summed E-state index contributed by atoms with van der Waals surface area (Å²) in [7, 11) is 0. The van der Waals surface area contributed by atoms with E-state index in [0.29, 0.717) is 34.8 Å². The van der Waals surface area contributed by atoms with Gasteiger partial charge in [-0.2, -0.15) is 0 Å². The highest BCUT2D eigenvalue weighted by atomic mass is 16.5. The molecule has 4 N–H and O–H groups in total. The van der Waals surface area contributed by atoms with Crippen LogP contribution in [0.3, 0.4) is 0 Å². The van der Waals surface area contributed by atoms with Crippen LogP contribution in [-0.4, -0.2) is 23.2 Å². The summed E-state index contributed by atoms with van der Waals surface area (Å²) in [5.41, 5.74) is 11.5. The maximum absolute atomic E-state index is 11.3. The Kier molecular flexibility index (Phi) is 2.69. The number of rotatable bonds is 3. The number of benzene rings is 1. The predicted molar refractivity (Wildman–Crippen MR) is 57.5 cm³/mol. The molecule has 0 bridgehead atoms. The van der Waals surface area contributed by atoms with E-state index < -0.39 is 0 Å². The van der Waals surface area contributed by atoms with Gasteiger partial charge in [0.1, 0.15) is 17.9 Å². The number of ether oxygens (including phenoxy) is 1. The van der Waals surface area contributed by atoms with Crippen LogP contribution in [-0.2, 0) is 0 Å². The van der Waals surface area contributed by atoms with Gasteiger partial charge in [-0.1, -0.05) is 0 Å². The van der Waals surface area contributed by atoms with Crippen molar-refractivity contribution in [3.05, 3.63) is 23.4 Å². The van der Waals surface area contributed by atoms with Gasteiger partial charge in [0.2, 0.25) is 0 Å². The van der Waals surface area contributed by atoms with E-state index in [1.54, 1.807) is 18.2 Å². The SMILES string of the molecule is NCCOc1ccc2c(c1)nc(N)n[n+]2[O-]. The Hall–Kier alpha value is -2.15. The van der Waals surface area contributed by atoms with E-state index in [9.17, 15) is 5.21 Å². The van der Waals surface area contributed by atoms with Gasteiger partial charge in [0.25, 0.3) is 11.5 Å². The maximum atomic E-state index is 11.3. The quantitative estimate of drug-likeness (QED) is 0.517. The Bertz CT molecular complexity index is 516. The highest BCUT2D eigenvalue weighted by molar-refractivity contribution is 5.73. The van der Waals surface area contributed by atoms with E-state index >= 15 is 0 Å². The highest BCUT2D eigenvalue weighted by Gasteiger charge is 2.09. The molecule has 1 heterocycles. The molecule has 0 saturated carbocycles. The first-order valence-corrected chi connectivity index (χ1v) is 4.70. The third-order valence-electron chi connectivity index (χ3n) is 1.97. The van der Waals surface area contributed by atoms with Crippen LogP contribution in [0.4, 0.5) is 5.95 Å². The number of hydrogen-bond donors (Lipinski definition) is 2. The molecule has 0 atom stereocenters. The van der Waals surface area contributed by atoms with Crippen LogP contribution in [0, 0.1) is 5.21 Å². The van der Waals surface area contributed by atoms with Crippen LogP contribution in [0.1, 0.15) is 0 Å². The van der Waals surface area contributed by atoms with Gasteiger partial charge in [-0.25, -0.2) is 4.98 Å². The van der Waals surface area contributed by atoms with E-state index in [0.717, 1.165) is 0 Å². The lowest BCUT2D eigenvalue weighted by atomic mass is 10.3. The summed E-state index contributed by atoms with van der Waals surface area (Å²) in [5.74, 6) is 0.523. The Morgan fingerprint density at radius 1 is 1.44 bits per heavy atom. The van der Waals surface area contributed by atoms with Crippen LogP contribution in [0.2, 0.25) is 0 Å². The second-order valence-corrected chi connectivity index (χ2v) is 3.13. The smallest absolute Gasteiger partial charge is 0.288 e. The number of nitrogen functional groups attached to an aromatic ring is 1.